The van der Waals surface area contributed by atoms with Crippen LogP contribution >= 0.6 is 11.6 Å². The molecule has 0 aliphatic carbocycles. The number of nitrogens with two attached hydrogens (primary N) is 1. The molecule has 0 aromatic heterocycles. The molecule has 0 aliphatic rings. The van der Waals surface area contributed by atoms with Crippen molar-refractivity contribution in [3.05, 3.63) is 0 Å². The van der Waals surface area contributed by atoms with Gasteiger partial charge in [0.25, 0.3) is 0 Å². The van der Waals surface area contributed by atoms with Gasteiger partial charge in [0.15, 0.2) is 0 Å². The Kier molecular flexibility index (Phi) is 3.79. The standard InChI is InChI=1S/C5H9ClN2O2/c1-3(2-6)4(9)8-5(7)10/h3H,2H2,1H3,(H3,7,8,9,10). The first kappa shape index (κ1) is 9.23. The largest absolute Gasteiger partial charge is 0.351 e. The predicted molar refractivity (Wildman–Crippen MR) is 37.6 cm³/mol. The zero-order chi connectivity index (χ0) is 8.15. The van der Waals surface area contributed by atoms with Gasteiger partial charge in [-0.2, -0.15) is 0 Å². The van der Waals surface area contributed by atoms with Gasteiger partial charge in [0.1, 0.15) is 0 Å². The molecule has 0 aliphatic heterocycles. The van der Waals surface area contributed by atoms with Gasteiger partial charge < -0.3 is 5.73 Å². The number of halogens is 1. The molecule has 58 valence electrons. The first-order valence-corrected chi connectivity index (χ1v) is 3.27. The number of rotatable bonds is 2. The van der Waals surface area contributed by atoms with Gasteiger partial charge in [-0.15, -0.1) is 11.6 Å². The summed E-state index contributed by atoms with van der Waals surface area (Å²) in [5, 5.41) is 1.91. The Bertz CT molecular complexity index is 149. The quantitative estimate of drug-likeness (QED) is 0.567. The molecule has 5 heteroatoms. The number of nitrogens with one attached hydrogen (secondary N) is 1. The van der Waals surface area contributed by atoms with Gasteiger partial charge in [0, 0.05) is 11.8 Å². The van der Waals surface area contributed by atoms with Crippen LogP contribution in [0.5, 0.6) is 0 Å². The van der Waals surface area contributed by atoms with Gasteiger partial charge in [-0.3, -0.25) is 10.1 Å². The average Bonchev–Trinajstić information content (AvgIpc) is 1.85. The summed E-state index contributed by atoms with van der Waals surface area (Å²) < 4.78 is 0. The summed E-state index contributed by atoms with van der Waals surface area (Å²) in [6.45, 7) is 1.60. The van der Waals surface area contributed by atoms with Crippen molar-refractivity contribution in [2.45, 2.75) is 6.92 Å². The summed E-state index contributed by atoms with van der Waals surface area (Å²) in [6, 6.07) is -0.845. The molecule has 0 spiro atoms. The number of hydrogen-bond donors (Lipinski definition) is 2. The van der Waals surface area contributed by atoms with E-state index >= 15 is 0 Å². The van der Waals surface area contributed by atoms with Crippen molar-refractivity contribution in [2.75, 3.05) is 5.88 Å². The van der Waals surface area contributed by atoms with Crippen LogP contribution in [0.3, 0.4) is 0 Å². The molecule has 0 saturated heterocycles. The van der Waals surface area contributed by atoms with E-state index in [0.717, 1.165) is 0 Å². The SMILES string of the molecule is CC(CCl)C(=O)NC(N)=O. The fourth-order valence-electron chi connectivity index (χ4n) is 0.315. The van der Waals surface area contributed by atoms with E-state index in [1.54, 1.807) is 6.92 Å². The lowest BCUT2D eigenvalue weighted by Crippen LogP contribution is -2.38. The lowest BCUT2D eigenvalue weighted by molar-refractivity contribution is -0.122. The topological polar surface area (TPSA) is 72.2 Å². The first-order valence-electron chi connectivity index (χ1n) is 2.74. The van der Waals surface area contributed by atoms with Crippen LogP contribution in [-0.4, -0.2) is 17.8 Å². The highest BCUT2D eigenvalue weighted by Crippen LogP contribution is 1.96. The summed E-state index contributed by atoms with van der Waals surface area (Å²) in [4.78, 5) is 20.8. The Hall–Kier alpha value is -0.770. The summed E-state index contributed by atoms with van der Waals surface area (Å²) in [6.07, 6.45) is 0. The van der Waals surface area contributed by atoms with Gasteiger partial charge in [-0.05, 0) is 0 Å². The highest BCUT2D eigenvalue weighted by Gasteiger charge is 2.11. The van der Waals surface area contributed by atoms with E-state index in [1.165, 1.54) is 0 Å². The Morgan fingerprint density at radius 2 is 2.20 bits per heavy atom. The molecular weight excluding hydrogens is 156 g/mol. The summed E-state index contributed by atoms with van der Waals surface area (Å²) >= 11 is 5.32. The zero-order valence-electron chi connectivity index (χ0n) is 5.56. The maximum Gasteiger partial charge on any atom is 0.318 e. The molecule has 3 amide bonds. The van der Waals surface area contributed by atoms with E-state index in [1.807, 2.05) is 5.32 Å². The summed E-state index contributed by atoms with van der Waals surface area (Å²) in [7, 11) is 0. The van der Waals surface area contributed by atoms with Crippen LogP contribution in [-0.2, 0) is 4.79 Å². The second-order valence-corrected chi connectivity index (χ2v) is 2.22. The fraction of sp³-hybridized carbons (Fsp3) is 0.600. The molecule has 4 nitrogen and oxygen atoms in total. The molecule has 0 aromatic carbocycles. The van der Waals surface area contributed by atoms with Gasteiger partial charge in [0.05, 0.1) is 0 Å². The monoisotopic (exact) mass is 164 g/mol. The third-order valence-corrected chi connectivity index (χ3v) is 1.39. The van der Waals surface area contributed by atoms with E-state index in [4.69, 9.17) is 11.6 Å². The molecule has 0 radical (unpaired) electrons. The van der Waals surface area contributed by atoms with Crippen molar-refractivity contribution in [1.82, 2.24) is 5.32 Å². The van der Waals surface area contributed by atoms with Crippen LogP contribution in [0.15, 0.2) is 0 Å². The molecular formula is C5H9ClN2O2. The van der Waals surface area contributed by atoms with E-state index in [9.17, 15) is 9.59 Å². The molecule has 0 rings (SSSR count). The summed E-state index contributed by atoms with van der Waals surface area (Å²) in [5.41, 5.74) is 4.67. The Morgan fingerprint density at radius 1 is 1.70 bits per heavy atom. The second kappa shape index (κ2) is 4.11. The molecule has 1 unspecified atom stereocenters. The molecule has 0 aromatic rings. The molecule has 0 heterocycles. The number of hydrogen-bond acceptors (Lipinski definition) is 2. The third kappa shape index (κ3) is 3.29. The minimum atomic E-state index is -0.845. The first-order chi connectivity index (χ1) is 4.57. The van der Waals surface area contributed by atoms with Crippen molar-refractivity contribution in [2.24, 2.45) is 11.7 Å². The van der Waals surface area contributed by atoms with Gasteiger partial charge >= 0.3 is 6.03 Å². The van der Waals surface area contributed by atoms with E-state index in [2.05, 4.69) is 5.73 Å². The molecule has 0 saturated carbocycles. The second-order valence-electron chi connectivity index (χ2n) is 1.91. The van der Waals surface area contributed by atoms with Crippen LogP contribution in [0.2, 0.25) is 0 Å². The van der Waals surface area contributed by atoms with Crippen molar-refractivity contribution in [1.29, 1.82) is 0 Å². The Morgan fingerprint density at radius 3 is 2.50 bits per heavy atom. The predicted octanol–water partition coefficient (Wildman–Crippen LogP) is 0.0562. The van der Waals surface area contributed by atoms with E-state index in [-0.39, 0.29) is 11.8 Å². The highest BCUT2D eigenvalue weighted by atomic mass is 35.5. The van der Waals surface area contributed by atoms with Crippen molar-refractivity contribution < 1.29 is 9.59 Å². The minimum absolute atomic E-state index is 0.180. The van der Waals surface area contributed by atoms with E-state index in [0.29, 0.717) is 0 Å². The van der Waals surface area contributed by atoms with Gasteiger partial charge in [-0.25, -0.2) is 4.79 Å². The van der Waals surface area contributed by atoms with Crippen molar-refractivity contribution in [3.8, 4) is 0 Å². The maximum absolute atomic E-state index is 10.7. The lowest BCUT2D eigenvalue weighted by Gasteiger charge is -2.04. The van der Waals surface area contributed by atoms with Crippen LogP contribution < -0.4 is 11.1 Å². The number of urea groups is 1. The molecule has 10 heavy (non-hydrogen) atoms. The Labute approximate surface area is 63.7 Å². The van der Waals surface area contributed by atoms with Crippen molar-refractivity contribution in [3.63, 3.8) is 0 Å². The number of primary amides is 1. The number of imide groups is 1. The maximum atomic E-state index is 10.7. The van der Waals surface area contributed by atoms with Crippen LogP contribution in [0.4, 0.5) is 4.79 Å². The zero-order valence-corrected chi connectivity index (χ0v) is 6.31. The van der Waals surface area contributed by atoms with E-state index < -0.39 is 11.9 Å². The lowest BCUT2D eigenvalue weighted by atomic mass is 10.2. The molecule has 0 bridgehead atoms. The third-order valence-electron chi connectivity index (χ3n) is 0.925. The normalized spacial score (nSPS) is 12.2. The smallest absolute Gasteiger partial charge is 0.318 e. The van der Waals surface area contributed by atoms with Crippen LogP contribution in [0.25, 0.3) is 0 Å². The number of carbonyl (C=O) groups excluding carboxylic acids is 2. The average molecular weight is 165 g/mol. The van der Waals surface area contributed by atoms with Crippen molar-refractivity contribution >= 4 is 23.5 Å². The number of amides is 3. The Balaban J connectivity index is 3.73. The van der Waals surface area contributed by atoms with Crippen LogP contribution in [0, 0.1) is 5.92 Å². The number of alkyl halides is 1. The molecule has 1 atom stereocenters. The van der Waals surface area contributed by atoms with Gasteiger partial charge in [-0.1, -0.05) is 6.92 Å². The fourth-order valence-corrected chi connectivity index (χ4v) is 0.455. The highest BCUT2D eigenvalue weighted by molar-refractivity contribution is 6.19. The van der Waals surface area contributed by atoms with Gasteiger partial charge in [0.2, 0.25) is 5.91 Å². The number of carbonyl (C=O) groups is 2. The van der Waals surface area contributed by atoms with Crippen LogP contribution in [0.1, 0.15) is 6.92 Å². The molecule has 0 fully saturated rings. The minimum Gasteiger partial charge on any atom is -0.351 e. The molecule has 3 N–H and O–H groups in total. The summed E-state index contributed by atoms with van der Waals surface area (Å²) in [5.74, 6) is -0.643.